The summed E-state index contributed by atoms with van der Waals surface area (Å²) in [4.78, 5) is 0. The molecule has 2 heteroatoms. The van der Waals surface area contributed by atoms with Crippen LogP contribution in [0.5, 0.6) is 0 Å². The minimum Gasteiger partial charge on any atom is -0.155 e. The predicted molar refractivity (Wildman–Crippen MR) is 64.2 cm³/mol. The van der Waals surface area contributed by atoms with Gasteiger partial charge in [-0.2, -0.15) is 10.2 Å². The highest BCUT2D eigenvalue weighted by atomic mass is 15.1. The third kappa shape index (κ3) is 1.83. The van der Waals surface area contributed by atoms with Gasteiger partial charge in [0.15, 0.2) is 0 Å². The van der Waals surface area contributed by atoms with Gasteiger partial charge in [0, 0.05) is 11.5 Å². The summed E-state index contributed by atoms with van der Waals surface area (Å²) in [6.07, 6.45) is 2.55. The maximum absolute atomic E-state index is 4.30. The van der Waals surface area contributed by atoms with E-state index in [1.165, 1.54) is 18.4 Å². The number of aromatic nitrogens is 2. The van der Waals surface area contributed by atoms with Crippen molar-refractivity contribution in [2.24, 2.45) is 0 Å². The first kappa shape index (κ1) is 9.52. The molecule has 2 aromatic rings. The Kier molecular flexibility index (Phi) is 2.21. The molecule has 0 saturated heterocycles. The van der Waals surface area contributed by atoms with Gasteiger partial charge in [-0.3, -0.25) is 0 Å². The summed E-state index contributed by atoms with van der Waals surface area (Å²) >= 11 is 0. The molecular weight excluding hydrogens is 196 g/mol. The second kappa shape index (κ2) is 3.71. The van der Waals surface area contributed by atoms with E-state index >= 15 is 0 Å². The lowest BCUT2D eigenvalue weighted by Crippen LogP contribution is -1.92. The van der Waals surface area contributed by atoms with Crippen molar-refractivity contribution in [2.75, 3.05) is 0 Å². The molecule has 1 saturated carbocycles. The Morgan fingerprint density at radius 2 is 1.94 bits per heavy atom. The third-order valence-corrected chi connectivity index (χ3v) is 2.99. The van der Waals surface area contributed by atoms with E-state index in [0.29, 0.717) is 5.92 Å². The van der Waals surface area contributed by atoms with Crippen molar-refractivity contribution >= 4 is 0 Å². The van der Waals surface area contributed by atoms with Crippen LogP contribution in [0.25, 0.3) is 11.3 Å². The molecule has 0 atom stereocenters. The van der Waals surface area contributed by atoms with E-state index < -0.39 is 0 Å². The zero-order chi connectivity index (χ0) is 11.0. The molecule has 1 aliphatic rings. The molecule has 0 bridgehead atoms. The molecule has 2 nitrogen and oxygen atoms in total. The Bertz CT molecular complexity index is 498. The van der Waals surface area contributed by atoms with Crippen molar-refractivity contribution in [3.8, 4) is 11.3 Å². The molecule has 0 N–H and O–H groups in total. The van der Waals surface area contributed by atoms with Crippen LogP contribution in [-0.2, 0) is 0 Å². The Balaban J connectivity index is 1.94. The maximum atomic E-state index is 4.30. The highest BCUT2D eigenvalue weighted by Crippen LogP contribution is 2.38. The van der Waals surface area contributed by atoms with E-state index in [-0.39, 0.29) is 0 Å². The van der Waals surface area contributed by atoms with Crippen LogP contribution in [0, 0.1) is 6.92 Å². The smallest absolute Gasteiger partial charge is 0.0929 e. The second-order valence-electron chi connectivity index (χ2n) is 4.49. The maximum Gasteiger partial charge on any atom is 0.0929 e. The normalized spacial score (nSPS) is 15.1. The zero-order valence-corrected chi connectivity index (χ0v) is 9.35. The van der Waals surface area contributed by atoms with E-state index in [9.17, 15) is 0 Å². The van der Waals surface area contributed by atoms with Crippen LogP contribution in [0.15, 0.2) is 36.4 Å². The van der Waals surface area contributed by atoms with Gasteiger partial charge in [-0.15, -0.1) is 0 Å². The SMILES string of the molecule is Cc1cccc(-c2ccc(C3CC3)nn2)c1. The monoisotopic (exact) mass is 210 g/mol. The molecule has 80 valence electrons. The summed E-state index contributed by atoms with van der Waals surface area (Å²) in [6, 6.07) is 12.6. The average Bonchev–Trinajstić information content (AvgIpc) is 3.13. The van der Waals surface area contributed by atoms with E-state index in [2.05, 4.69) is 53.5 Å². The Morgan fingerprint density at radius 1 is 1.06 bits per heavy atom. The van der Waals surface area contributed by atoms with Gasteiger partial charge in [0.1, 0.15) is 0 Å². The van der Waals surface area contributed by atoms with Crippen LogP contribution >= 0.6 is 0 Å². The van der Waals surface area contributed by atoms with Crippen molar-refractivity contribution in [3.05, 3.63) is 47.7 Å². The van der Waals surface area contributed by atoms with Gasteiger partial charge in [-0.25, -0.2) is 0 Å². The molecule has 16 heavy (non-hydrogen) atoms. The van der Waals surface area contributed by atoms with Crippen LogP contribution in [-0.4, -0.2) is 10.2 Å². The lowest BCUT2D eigenvalue weighted by molar-refractivity contribution is 0.915. The van der Waals surface area contributed by atoms with Crippen LogP contribution < -0.4 is 0 Å². The molecular formula is C14H14N2. The number of aryl methyl sites for hydroxylation is 1. The molecule has 0 unspecified atom stereocenters. The minimum absolute atomic E-state index is 0.680. The van der Waals surface area contributed by atoms with Gasteiger partial charge in [-0.1, -0.05) is 23.8 Å². The largest absolute Gasteiger partial charge is 0.155 e. The van der Waals surface area contributed by atoms with Crippen LogP contribution in [0.4, 0.5) is 0 Å². The molecule has 1 heterocycles. The van der Waals surface area contributed by atoms with Gasteiger partial charge < -0.3 is 0 Å². The highest BCUT2D eigenvalue weighted by molar-refractivity contribution is 5.59. The molecule has 1 fully saturated rings. The fraction of sp³-hybridized carbons (Fsp3) is 0.286. The van der Waals surface area contributed by atoms with Crippen LogP contribution in [0.1, 0.15) is 30.0 Å². The molecule has 1 aromatic heterocycles. The fourth-order valence-electron chi connectivity index (χ4n) is 1.90. The number of rotatable bonds is 2. The summed E-state index contributed by atoms with van der Waals surface area (Å²) < 4.78 is 0. The first-order chi connectivity index (χ1) is 7.83. The summed E-state index contributed by atoms with van der Waals surface area (Å²) in [6.45, 7) is 2.09. The minimum atomic E-state index is 0.680. The van der Waals surface area contributed by atoms with E-state index in [4.69, 9.17) is 0 Å². The van der Waals surface area contributed by atoms with Crippen molar-refractivity contribution in [3.63, 3.8) is 0 Å². The molecule has 3 rings (SSSR count). The van der Waals surface area contributed by atoms with Crippen molar-refractivity contribution in [2.45, 2.75) is 25.7 Å². The predicted octanol–water partition coefficient (Wildman–Crippen LogP) is 3.33. The molecule has 1 aromatic carbocycles. The van der Waals surface area contributed by atoms with E-state index in [0.717, 1.165) is 17.0 Å². The molecule has 0 radical (unpaired) electrons. The molecule has 0 aliphatic heterocycles. The second-order valence-corrected chi connectivity index (χ2v) is 4.49. The summed E-state index contributed by atoms with van der Waals surface area (Å²) in [5.74, 6) is 0.680. The van der Waals surface area contributed by atoms with Gasteiger partial charge in [0.05, 0.1) is 11.4 Å². The van der Waals surface area contributed by atoms with Crippen molar-refractivity contribution in [1.82, 2.24) is 10.2 Å². The molecule has 0 amide bonds. The summed E-state index contributed by atoms with van der Waals surface area (Å²) in [7, 11) is 0. The standard InChI is InChI=1S/C14H14N2/c1-10-3-2-4-12(9-10)14-8-7-13(15-16-14)11-5-6-11/h2-4,7-9,11H,5-6H2,1H3. The first-order valence-corrected chi connectivity index (χ1v) is 5.73. The number of nitrogens with zero attached hydrogens (tertiary/aromatic N) is 2. The average molecular weight is 210 g/mol. The number of hydrogen-bond acceptors (Lipinski definition) is 2. The topological polar surface area (TPSA) is 25.8 Å². The quantitative estimate of drug-likeness (QED) is 0.759. The van der Waals surface area contributed by atoms with E-state index in [1.807, 2.05) is 0 Å². The zero-order valence-electron chi connectivity index (χ0n) is 9.35. The third-order valence-electron chi connectivity index (χ3n) is 2.99. The lowest BCUT2D eigenvalue weighted by atomic mass is 10.1. The molecule has 0 spiro atoms. The van der Waals surface area contributed by atoms with Gasteiger partial charge in [-0.05, 0) is 38.0 Å². The van der Waals surface area contributed by atoms with Crippen molar-refractivity contribution in [1.29, 1.82) is 0 Å². The summed E-state index contributed by atoms with van der Waals surface area (Å²) in [5, 5.41) is 8.60. The fourth-order valence-corrected chi connectivity index (χ4v) is 1.90. The Labute approximate surface area is 95.4 Å². The van der Waals surface area contributed by atoms with Gasteiger partial charge >= 0.3 is 0 Å². The Morgan fingerprint density at radius 3 is 2.56 bits per heavy atom. The van der Waals surface area contributed by atoms with E-state index in [1.54, 1.807) is 0 Å². The van der Waals surface area contributed by atoms with Crippen LogP contribution in [0.2, 0.25) is 0 Å². The summed E-state index contributed by atoms with van der Waals surface area (Å²) in [5.41, 5.74) is 4.52. The van der Waals surface area contributed by atoms with Gasteiger partial charge in [0.25, 0.3) is 0 Å². The lowest BCUT2D eigenvalue weighted by Gasteiger charge is -2.02. The molecule has 1 aliphatic carbocycles. The van der Waals surface area contributed by atoms with Crippen LogP contribution in [0.3, 0.4) is 0 Å². The number of hydrogen-bond donors (Lipinski definition) is 0. The van der Waals surface area contributed by atoms with Crippen molar-refractivity contribution < 1.29 is 0 Å². The first-order valence-electron chi connectivity index (χ1n) is 5.73. The highest BCUT2D eigenvalue weighted by Gasteiger charge is 2.25. The Hall–Kier alpha value is -1.70. The van der Waals surface area contributed by atoms with Gasteiger partial charge in [0.2, 0.25) is 0 Å². The number of benzene rings is 1.